The highest BCUT2D eigenvalue weighted by atomic mass is 19.3. The van der Waals surface area contributed by atoms with Crippen molar-refractivity contribution < 1.29 is 37.4 Å². The highest BCUT2D eigenvalue weighted by molar-refractivity contribution is 5.89. The van der Waals surface area contributed by atoms with Gasteiger partial charge in [-0.1, -0.05) is 83.7 Å². The Morgan fingerprint density at radius 3 is 2.17 bits per heavy atom. The zero-order chi connectivity index (χ0) is 47.5. The first-order valence-electron chi connectivity index (χ1n) is 22.2. The van der Waals surface area contributed by atoms with E-state index in [9.17, 15) is 19.2 Å². The SMILES string of the molecule is COC(=O)N[C@H](C(=O)N1C[C@@H](C)C#C[C@H]1c1ncc(-c2ccc3c(c2)C(F)(F)c2cc(-c4ccc5nc(CN(CC6(C)CC6)C(=O)[C@@H](NC(=O)OC)C(C)(C)C)[nH]c5c4)ccc2-3)[nH]1)C(C)C. The lowest BCUT2D eigenvalue weighted by atomic mass is 9.85. The molecular formula is C50H56F2N8O6. The number of amides is 4. The maximum Gasteiger partial charge on any atom is 0.407 e. The van der Waals surface area contributed by atoms with Gasteiger partial charge in [0.25, 0.3) is 5.92 Å². The van der Waals surface area contributed by atoms with E-state index in [0.29, 0.717) is 69.3 Å². The van der Waals surface area contributed by atoms with Crippen LogP contribution in [-0.4, -0.2) is 93.1 Å². The molecule has 5 aromatic rings. The Bertz CT molecular complexity index is 2790. The molecule has 0 bridgehead atoms. The number of imidazole rings is 2. The number of halogens is 2. The molecule has 8 rings (SSSR count). The number of carbonyl (C=O) groups excluding carboxylic acids is 4. The standard InChI is InChI=1S/C50H56F2N8O6/c1-27(2)41(57-46(63)65-8)44(61)60-24-28(3)10-17-39(60)43-53-23-38(56-43)31-12-15-33-32-14-11-29(20-34(32)50(51,52)35(33)21-31)30-13-16-36-37(22-30)55-40(54-36)25-59(26-49(7)18-19-49)45(62)42(48(4,5)6)58-47(64)66-9/h11-16,20-23,27-28,39,41-42H,18-19,24-26H2,1-9H3,(H,53,56)(H,54,55)(H,57,63)(H,58,64)/t28-,39-,41-,42+/m0/s1. The molecule has 0 unspecified atom stereocenters. The van der Waals surface area contributed by atoms with E-state index in [2.05, 4.69) is 44.4 Å². The number of benzene rings is 3. The molecule has 66 heavy (non-hydrogen) atoms. The number of aromatic amines is 2. The molecule has 4 amide bonds. The van der Waals surface area contributed by atoms with Crippen molar-refractivity contribution in [1.29, 1.82) is 0 Å². The molecule has 3 heterocycles. The van der Waals surface area contributed by atoms with Crippen molar-refractivity contribution in [2.75, 3.05) is 27.3 Å². The van der Waals surface area contributed by atoms with Crippen molar-refractivity contribution in [3.8, 4) is 45.4 Å². The van der Waals surface area contributed by atoms with Gasteiger partial charge in [0.1, 0.15) is 23.7 Å². The number of ether oxygens (including phenoxy) is 2. The first-order valence-corrected chi connectivity index (χ1v) is 22.2. The molecule has 1 aliphatic heterocycles. The van der Waals surface area contributed by atoms with E-state index in [-0.39, 0.29) is 46.7 Å². The minimum atomic E-state index is -3.32. The number of hydrogen-bond donors (Lipinski definition) is 4. The van der Waals surface area contributed by atoms with Gasteiger partial charge in [-0.3, -0.25) is 9.59 Å². The monoisotopic (exact) mass is 902 g/mol. The number of H-pyrrole nitrogens is 2. The third kappa shape index (κ3) is 8.95. The smallest absolute Gasteiger partial charge is 0.407 e. The Balaban J connectivity index is 1.03. The van der Waals surface area contributed by atoms with Crippen LogP contribution < -0.4 is 10.6 Å². The van der Waals surface area contributed by atoms with E-state index < -0.39 is 41.6 Å². The second-order valence-electron chi connectivity index (χ2n) is 19.6. The second-order valence-corrected chi connectivity index (χ2v) is 19.6. The summed E-state index contributed by atoms with van der Waals surface area (Å²) in [4.78, 5) is 71.7. The maximum atomic E-state index is 16.6. The normalized spacial score (nSPS) is 18.6. The Morgan fingerprint density at radius 1 is 0.909 bits per heavy atom. The van der Waals surface area contributed by atoms with Crippen LogP contribution in [0.1, 0.15) is 90.1 Å². The summed E-state index contributed by atoms with van der Waals surface area (Å²) in [6.45, 7) is 14.3. The molecule has 3 aromatic carbocycles. The molecule has 346 valence electrons. The van der Waals surface area contributed by atoms with Gasteiger partial charge in [-0.15, -0.1) is 0 Å². The number of rotatable bonds is 12. The van der Waals surface area contributed by atoms with Gasteiger partial charge >= 0.3 is 12.2 Å². The third-order valence-corrected chi connectivity index (χ3v) is 12.8. The summed E-state index contributed by atoms with van der Waals surface area (Å²) in [6, 6.07) is 13.1. The van der Waals surface area contributed by atoms with Gasteiger partial charge in [-0.05, 0) is 83.0 Å². The Kier molecular flexibility index (Phi) is 12.0. The minimum absolute atomic E-state index is 0.0261. The summed E-state index contributed by atoms with van der Waals surface area (Å²) in [7, 11) is 2.50. The number of methoxy groups -OCH3 is 2. The van der Waals surface area contributed by atoms with Gasteiger partial charge in [0.15, 0.2) is 6.04 Å². The van der Waals surface area contributed by atoms with E-state index in [1.807, 2.05) is 65.8 Å². The van der Waals surface area contributed by atoms with Crippen molar-refractivity contribution in [3.05, 3.63) is 83.6 Å². The van der Waals surface area contributed by atoms with Crippen LogP contribution in [0, 0.1) is 34.5 Å². The Hall–Kier alpha value is -6.76. The van der Waals surface area contributed by atoms with Gasteiger partial charge in [0.2, 0.25) is 11.8 Å². The van der Waals surface area contributed by atoms with E-state index >= 15 is 8.78 Å². The number of hydrogen-bond acceptors (Lipinski definition) is 8. The molecule has 3 aliphatic rings. The van der Waals surface area contributed by atoms with E-state index in [1.54, 1.807) is 34.2 Å². The van der Waals surface area contributed by atoms with Crippen LogP contribution in [0.15, 0.2) is 60.8 Å². The zero-order valence-electron chi connectivity index (χ0n) is 38.7. The fourth-order valence-corrected chi connectivity index (χ4v) is 8.80. The van der Waals surface area contributed by atoms with E-state index in [4.69, 9.17) is 14.5 Å². The average Bonchev–Trinajstić information content (AvgIpc) is 3.55. The number of alkyl carbamates (subject to hydrolysis) is 2. The van der Waals surface area contributed by atoms with Crippen LogP contribution in [0.2, 0.25) is 0 Å². The highest BCUT2D eigenvalue weighted by Gasteiger charge is 2.46. The van der Waals surface area contributed by atoms with Crippen LogP contribution >= 0.6 is 0 Å². The predicted molar refractivity (Wildman–Crippen MR) is 245 cm³/mol. The molecule has 14 nitrogen and oxygen atoms in total. The lowest BCUT2D eigenvalue weighted by Gasteiger charge is -2.35. The average molecular weight is 903 g/mol. The lowest BCUT2D eigenvalue weighted by Crippen LogP contribution is -2.55. The first kappa shape index (κ1) is 45.8. The summed E-state index contributed by atoms with van der Waals surface area (Å²) >= 11 is 0. The van der Waals surface area contributed by atoms with Crippen molar-refractivity contribution in [2.45, 2.75) is 91.9 Å². The molecule has 2 aliphatic carbocycles. The third-order valence-electron chi connectivity index (χ3n) is 12.8. The molecule has 0 spiro atoms. The van der Waals surface area contributed by atoms with Gasteiger partial charge in [-0.25, -0.2) is 19.6 Å². The molecule has 1 fully saturated rings. The van der Waals surface area contributed by atoms with Gasteiger partial charge in [0.05, 0.1) is 43.7 Å². The fraction of sp³-hybridized carbons (Fsp3) is 0.440. The minimum Gasteiger partial charge on any atom is -0.453 e. The lowest BCUT2D eigenvalue weighted by molar-refractivity contribution is -0.138. The molecule has 2 aromatic heterocycles. The van der Waals surface area contributed by atoms with Crippen LogP contribution in [-0.2, 0) is 31.5 Å². The predicted octanol–water partition coefficient (Wildman–Crippen LogP) is 8.54. The molecule has 0 saturated heterocycles. The summed E-state index contributed by atoms with van der Waals surface area (Å²) < 4.78 is 42.9. The van der Waals surface area contributed by atoms with E-state index in [0.717, 1.165) is 12.8 Å². The summed E-state index contributed by atoms with van der Waals surface area (Å²) in [5, 5.41) is 5.37. The number of nitrogens with zero attached hydrogens (tertiary/aromatic N) is 4. The largest absolute Gasteiger partial charge is 0.453 e. The topological polar surface area (TPSA) is 175 Å². The van der Waals surface area contributed by atoms with Crippen LogP contribution in [0.25, 0.3) is 44.5 Å². The Morgan fingerprint density at radius 2 is 1.53 bits per heavy atom. The quantitative estimate of drug-likeness (QED) is 0.0902. The number of aromatic nitrogens is 4. The Labute approximate surface area is 382 Å². The highest BCUT2D eigenvalue weighted by Crippen LogP contribution is 2.53. The molecule has 4 atom stereocenters. The van der Waals surface area contributed by atoms with Crippen molar-refractivity contribution in [3.63, 3.8) is 0 Å². The van der Waals surface area contributed by atoms with Crippen LogP contribution in [0.5, 0.6) is 0 Å². The molecule has 1 saturated carbocycles. The zero-order valence-corrected chi connectivity index (χ0v) is 38.7. The van der Waals surface area contributed by atoms with E-state index in [1.165, 1.54) is 26.4 Å². The number of fused-ring (bicyclic) bond motifs is 4. The first-order chi connectivity index (χ1) is 31.2. The fourth-order valence-electron chi connectivity index (χ4n) is 8.80. The van der Waals surface area contributed by atoms with Crippen LogP contribution in [0.3, 0.4) is 0 Å². The van der Waals surface area contributed by atoms with Crippen molar-refractivity contribution >= 4 is 35.0 Å². The number of nitrogens with one attached hydrogen (secondary N) is 4. The molecule has 0 radical (unpaired) electrons. The van der Waals surface area contributed by atoms with Gasteiger partial charge < -0.3 is 39.9 Å². The van der Waals surface area contributed by atoms with Gasteiger partial charge in [-0.2, -0.15) is 8.78 Å². The number of carbonyl (C=O) groups is 4. The molecular weight excluding hydrogens is 847 g/mol. The summed E-state index contributed by atoms with van der Waals surface area (Å²) in [5.74, 6) is 2.96. The van der Waals surface area contributed by atoms with Gasteiger partial charge in [0, 0.05) is 35.7 Å². The van der Waals surface area contributed by atoms with Crippen molar-refractivity contribution in [2.24, 2.45) is 22.7 Å². The van der Waals surface area contributed by atoms with Crippen LogP contribution in [0.4, 0.5) is 18.4 Å². The molecule has 16 heteroatoms. The summed E-state index contributed by atoms with van der Waals surface area (Å²) in [6.07, 6.45) is 2.12. The number of alkyl halides is 2. The maximum absolute atomic E-state index is 16.6. The second kappa shape index (κ2) is 17.2. The molecule has 4 N–H and O–H groups in total. The van der Waals surface area contributed by atoms with Crippen molar-refractivity contribution in [1.82, 2.24) is 40.4 Å². The summed E-state index contributed by atoms with van der Waals surface area (Å²) in [5.41, 5.74) is 3.61.